The van der Waals surface area contributed by atoms with Crippen molar-refractivity contribution in [3.63, 3.8) is 0 Å². The Morgan fingerprint density at radius 2 is 1.76 bits per heavy atom. The van der Waals surface area contributed by atoms with Crippen LogP contribution in [0.15, 0.2) is 34.2 Å². The average Bonchev–Trinajstić information content (AvgIpc) is 2.22. The standard InChI is InChI=1S/C10H8F2N4S/c11-6-2-1-5(3-7(6)12)17-9-4-8(13)15-10(14)16-9/h1-4H,(H4,13,14,15,16). The van der Waals surface area contributed by atoms with Gasteiger partial charge in [0.2, 0.25) is 5.95 Å². The molecule has 0 fully saturated rings. The van der Waals surface area contributed by atoms with Crippen LogP contribution in [0.25, 0.3) is 0 Å². The van der Waals surface area contributed by atoms with Crippen molar-refractivity contribution in [3.05, 3.63) is 35.9 Å². The Hall–Kier alpha value is -1.89. The zero-order valence-corrected chi connectivity index (χ0v) is 9.34. The number of nitrogens with two attached hydrogens (primary N) is 2. The highest BCUT2D eigenvalue weighted by Crippen LogP contribution is 2.28. The molecule has 0 atom stereocenters. The van der Waals surface area contributed by atoms with Crippen molar-refractivity contribution in [1.82, 2.24) is 9.97 Å². The highest BCUT2D eigenvalue weighted by atomic mass is 32.2. The van der Waals surface area contributed by atoms with Crippen LogP contribution in [0.5, 0.6) is 0 Å². The molecule has 0 saturated heterocycles. The molecule has 4 nitrogen and oxygen atoms in total. The van der Waals surface area contributed by atoms with Crippen LogP contribution in [0.2, 0.25) is 0 Å². The summed E-state index contributed by atoms with van der Waals surface area (Å²) in [5.41, 5.74) is 10.9. The molecule has 0 amide bonds. The highest BCUT2D eigenvalue weighted by molar-refractivity contribution is 7.99. The SMILES string of the molecule is Nc1cc(Sc2ccc(F)c(F)c2)nc(N)n1. The number of benzene rings is 1. The Labute approximate surface area is 100 Å². The molecule has 0 aliphatic heterocycles. The van der Waals surface area contributed by atoms with E-state index in [-0.39, 0.29) is 11.8 Å². The van der Waals surface area contributed by atoms with Gasteiger partial charge in [0.15, 0.2) is 11.6 Å². The van der Waals surface area contributed by atoms with E-state index in [0.717, 1.165) is 23.9 Å². The first-order valence-corrected chi connectivity index (χ1v) is 5.39. The van der Waals surface area contributed by atoms with E-state index < -0.39 is 11.6 Å². The van der Waals surface area contributed by atoms with Gasteiger partial charge in [-0.1, -0.05) is 11.8 Å². The molecule has 0 spiro atoms. The monoisotopic (exact) mass is 254 g/mol. The van der Waals surface area contributed by atoms with Crippen LogP contribution in [-0.2, 0) is 0 Å². The lowest BCUT2D eigenvalue weighted by Crippen LogP contribution is -1.99. The number of hydrogen-bond acceptors (Lipinski definition) is 5. The summed E-state index contributed by atoms with van der Waals surface area (Å²) in [4.78, 5) is 8.12. The summed E-state index contributed by atoms with van der Waals surface area (Å²) in [6, 6.07) is 5.07. The van der Waals surface area contributed by atoms with E-state index in [2.05, 4.69) is 9.97 Å². The van der Waals surface area contributed by atoms with Crippen molar-refractivity contribution in [2.24, 2.45) is 0 Å². The predicted molar refractivity (Wildman–Crippen MR) is 61.3 cm³/mol. The van der Waals surface area contributed by atoms with Gasteiger partial charge < -0.3 is 11.5 Å². The zero-order valence-electron chi connectivity index (χ0n) is 8.52. The lowest BCUT2D eigenvalue weighted by molar-refractivity contribution is 0.506. The first-order chi connectivity index (χ1) is 8.04. The van der Waals surface area contributed by atoms with Crippen LogP contribution in [-0.4, -0.2) is 9.97 Å². The van der Waals surface area contributed by atoms with Gasteiger partial charge in [-0.05, 0) is 18.2 Å². The predicted octanol–water partition coefficient (Wildman–Crippen LogP) is 2.07. The van der Waals surface area contributed by atoms with E-state index in [0.29, 0.717) is 9.92 Å². The molecule has 0 bridgehead atoms. The lowest BCUT2D eigenvalue weighted by atomic mass is 10.3. The van der Waals surface area contributed by atoms with Gasteiger partial charge >= 0.3 is 0 Å². The van der Waals surface area contributed by atoms with Crippen LogP contribution in [0.4, 0.5) is 20.5 Å². The summed E-state index contributed by atoms with van der Waals surface area (Å²) in [5, 5.41) is 0.473. The van der Waals surface area contributed by atoms with Gasteiger partial charge in [-0.2, -0.15) is 4.98 Å². The molecule has 4 N–H and O–H groups in total. The van der Waals surface area contributed by atoms with E-state index in [1.165, 1.54) is 12.1 Å². The van der Waals surface area contributed by atoms with Gasteiger partial charge in [0.05, 0.1) is 0 Å². The number of rotatable bonds is 2. The molecule has 0 aliphatic carbocycles. The number of nitrogen functional groups attached to an aromatic ring is 2. The fraction of sp³-hybridized carbons (Fsp3) is 0. The minimum Gasteiger partial charge on any atom is -0.383 e. The van der Waals surface area contributed by atoms with Gasteiger partial charge in [0, 0.05) is 11.0 Å². The van der Waals surface area contributed by atoms with Crippen LogP contribution in [0.1, 0.15) is 0 Å². The largest absolute Gasteiger partial charge is 0.383 e. The quantitative estimate of drug-likeness (QED) is 0.802. The maximum absolute atomic E-state index is 13.0. The number of halogens is 2. The molecule has 0 aliphatic rings. The number of hydrogen-bond donors (Lipinski definition) is 2. The molecule has 0 unspecified atom stereocenters. The Kier molecular flexibility index (Phi) is 3.10. The summed E-state index contributed by atoms with van der Waals surface area (Å²) in [7, 11) is 0. The van der Waals surface area contributed by atoms with Gasteiger partial charge in [-0.15, -0.1) is 0 Å². The van der Waals surface area contributed by atoms with Crippen molar-refractivity contribution in [1.29, 1.82) is 0 Å². The van der Waals surface area contributed by atoms with Crippen LogP contribution >= 0.6 is 11.8 Å². The number of aromatic nitrogens is 2. The van der Waals surface area contributed by atoms with Crippen molar-refractivity contribution < 1.29 is 8.78 Å². The normalized spacial score (nSPS) is 10.5. The van der Waals surface area contributed by atoms with Gasteiger partial charge in [0.25, 0.3) is 0 Å². The smallest absolute Gasteiger partial charge is 0.223 e. The molecule has 7 heteroatoms. The summed E-state index contributed by atoms with van der Waals surface area (Å²) in [5.74, 6) is -1.54. The molecule has 88 valence electrons. The molecule has 0 radical (unpaired) electrons. The van der Waals surface area contributed by atoms with E-state index in [1.807, 2.05) is 0 Å². The molecule has 2 rings (SSSR count). The topological polar surface area (TPSA) is 77.8 Å². The van der Waals surface area contributed by atoms with Crippen LogP contribution < -0.4 is 11.5 Å². The van der Waals surface area contributed by atoms with Crippen molar-refractivity contribution >= 4 is 23.5 Å². The summed E-state index contributed by atoms with van der Waals surface area (Å²) >= 11 is 1.12. The van der Waals surface area contributed by atoms with E-state index >= 15 is 0 Å². The van der Waals surface area contributed by atoms with Gasteiger partial charge in [-0.3, -0.25) is 0 Å². The third-order valence-electron chi connectivity index (χ3n) is 1.85. The summed E-state index contributed by atoms with van der Waals surface area (Å²) < 4.78 is 25.7. The number of anilines is 2. The second kappa shape index (κ2) is 4.54. The molecular weight excluding hydrogens is 246 g/mol. The molecule has 2 aromatic rings. The van der Waals surface area contributed by atoms with Crippen molar-refractivity contribution in [2.45, 2.75) is 9.92 Å². The average molecular weight is 254 g/mol. The van der Waals surface area contributed by atoms with E-state index in [4.69, 9.17) is 11.5 Å². The molecular formula is C10H8F2N4S. The zero-order chi connectivity index (χ0) is 12.4. The molecule has 1 heterocycles. The fourth-order valence-electron chi connectivity index (χ4n) is 1.17. The Morgan fingerprint density at radius 3 is 2.41 bits per heavy atom. The second-order valence-corrected chi connectivity index (χ2v) is 4.26. The van der Waals surface area contributed by atoms with E-state index in [1.54, 1.807) is 0 Å². The molecule has 1 aromatic heterocycles. The molecule has 1 aromatic carbocycles. The lowest BCUT2D eigenvalue weighted by Gasteiger charge is -2.03. The number of nitrogens with zero attached hydrogens (tertiary/aromatic N) is 2. The Bertz CT molecular complexity index is 542. The minimum atomic E-state index is -0.912. The van der Waals surface area contributed by atoms with Gasteiger partial charge in [0.1, 0.15) is 10.8 Å². The second-order valence-electron chi connectivity index (χ2n) is 3.17. The Morgan fingerprint density at radius 1 is 1.00 bits per heavy atom. The Balaban J connectivity index is 2.28. The maximum Gasteiger partial charge on any atom is 0.223 e. The summed E-state index contributed by atoms with van der Waals surface area (Å²) in [6.07, 6.45) is 0. The first-order valence-electron chi connectivity index (χ1n) is 4.57. The highest BCUT2D eigenvalue weighted by Gasteiger charge is 2.06. The summed E-state index contributed by atoms with van der Waals surface area (Å²) in [6.45, 7) is 0. The molecule has 0 saturated carbocycles. The first kappa shape index (κ1) is 11.6. The third kappa shape index (κ3) is 2.82. The minimum absolute atomic E-state index is 0.0371. The third-order valence-corrected chi connectivity index (χ3v) is 2.76. The van der Waals surface area contributed by atoms with Crippen LogP contribution in [0, 0.1) is 11.6 Å². The fourth-order valence-corrected chi connectivity index (χ4v) is 2.03. The molecule has 17 heavy (non-hydrogen) atoms. The van der Waals surface area contributed by atoms with Crippen molar-refractivity contribution in [3.8, 4) is 0 Å². The van der Waals surface area contributed by atoms with Crippen molar-refractivity contribution in [2.75, 3.05) is 11.5 Å². The van der Waals surface area contributed by atoms with Gasteiger partial charge in [-0.25, -0.2) is 13.8 Å². The van der Waals surface area contributed by atoms with E-state index in [9.17, 15) is 8.78 Å². The van der Waals surface area contributed by atoms with Crippen LogP contribution in [0.3, 0.4) is 0 Å². The maximum atomic E-state index is 13.0.